The maximum Gasteiger partial charge on any atom is 0.0462 e. The molecule has 2 atom stereocenters. The molecule has 0 amide bonds. The Hall–Kier alpha value is -0.790. The molecule has 0 saturated heterocycles. The van der Waals surface area contributed by atoms with Gasteiger partial charge in [-0.15, -0.1) is 0 Å². The van der Waals surface area contributed by atoms with E-state index in [1.165, 1.54) is 19.3 Å². The molecule has 1 aliphatic carbocycles. The molecule has 2 N–H and O–H groups in total. The highest BCUT2D eigenvalue weighted by atomic mass is 15.1. The Morgan fingerprint density at radius 1 is 1.31 bits per heavy atom. The highest BCUT2D eigenvalue weighted by molar-refractivity contribution is 5.70. The van der Waals surface area contributed by atoms with Crippen LogP contribution < -0.4 is 5.84 Å². The van der Waals surface area contributed by atoms with Crippen molar-refractivity contribution in [3.05, 3.63) is 12.2 Å². The lowest BCUT2D eigenvalue weighted by Crippen LogP contribution is -2.32. The summed E-state index contributed by atoms with van der Waals surface area (Å²) in [5.41, 5.74) is 0.427. The molecule has 0 aromatic heterocycles. The lowest BCUT2D eigenvalue weighted by molar-refractivity contribution is 0.123. The van der Waals surface area contributed by atoms with E-state index in [0.717, 1.165) is 5.92 Å². The number of allylic oxidation sites excluding steroid dienone is 2. The fraction of sp³-hybridized carbons (Fsp3) is 0.786. The quantitative estimate of drug-likeness (QED) is 0.430. The molecule has 1 fully saturated rings. The van der Waals surface area contributed by atoms with Gasteiger partial charge in [0.25, 0.3) is 0 Å². The molecule has 0 aliphatic heterocycles. The summed E-state index contributed by atoms with van der Waals surface area (Å²) in [7, 11) is 0. The predicted molar refractivity (Wildman–Crippen MR) is 73.5 cm³/mol. The number of hydrogen-bond donors (Lipinski definition) is 1. The van der Waals surface area contributed by atoms with Crippen molar-refractivity contribution in [1.29, 1.82) is 0 Å². The van der Waals surface area contributed by atoms with Crippen molar-refractivity contribution in [2.24, 2.45) is 28.2 Å². The average Bonchev–Trinajstić information content (AvgIpc) is 2.25. The zero-order valence-electron chi connectivity index (χ0n) is 11.5. The predicted octanol–water partition coefficient (Wildman–Crippen LogP) is 3.98. The third kappa shape index (κ3) is 4.38. The Morgan fingerprint density at radius 2 is 1.94 bits per heavy atom. The summed E-state index contributed by atoms with van der Waals surface area (Å²) in [5.74, 6) is 6.50. The van der Waals surface area contributed by atoms with E-state index in [1.807, 2.05) is 19.9 Å². The van der Waals surface area contributed by atoms with E-state index < -0.39 is 0 Å². The molecular formula is C14H28N2. The van der Waals surface area contributed by atoms with Crippen LogP contribution in [0.2, 0.25) is 0 Å². The normalized spacial score (nSPS) is 29.1. The van der Waals surface area contributed by atoms with Gasteiger partial charge in [0.05, 0.1) is 0 Å². The van der Waals surface area contributed by atoms with E-state index in [2.05, 4.69) is 31.9 Å². The Morgan fingerprint density at radius 3 is 2.44 bits per heavy atom. The fourth-order valence-electron chi connectivity index (χ4n) is 2.67. The first-order valence-electron chi connectivity index (χ1n) is 6.48. The second-order valence-electron chi connectivity index (χ2n) is 5.07. The molecule has 0 radical (unpaired) electrons. The van der Waals surface area contributed by atoms with Gasteiger partial charge in [0.1, 0.15) is 0 Å². The molecule has 2 nitrogen and oxygen atoms in total. The topological polar surface area (TPSA) is 38.4 Å². The van der Waals surface area contributed by atoms with Crippen molar-refractivity contribution in [3.63, 3.8) is 0 Å². The zero-order chi connectivity index (χ0) is 12.6. The zero-order valence-corrected chi connectivity index (χ0v) is 11.5. The first-order valence-corrected chi connectivity index (χ1v) is 6.48. The van der Waals surface area contributed by atoms with Crippen LogP contribution in [0, 0.1) is 17.3 Å². The lowest BCUT2D eigenvalue weighted by atomic mass is 9.64. The minimum Gasteiger partial charge on any atom is -0.323 e. The average molecular weight is 224 g/mol. The number of hydrogen-bond acceptors (Lipinski definition) is 2. The van der Waals surface area contributed by atoms with E-state index in [4.69, 9.17) is 5.84 Å². The van der Waals surface area contributed by atoms with Gasteiger partial charge in [-0.3, -0.25) is 0 Å². The van der Waals surface area contributed by atoms with E-state index in [1.54, 1.807) is 6.21 Å². The molecule has 2 heteroatoms. The van der Waals surface area contributed by atoms with Crippen molar-refractivity contribution in [2.45, 2.75) is 53.9 Å². The molecule has 1 aliphatic rings. The van der Waals surface area contributed by atoms with Gasteiger partial charge in [-0.1, -0.05) is 53.5 Å². The van der Waals surface area contributed by atoms with Crippen LogP contribution in [-0.2, 0) is 0 Å². The largest absolute Gasteiger partial charge is 0.323 e. The van der Waals surface area contributed by atoms with Gasteiger partial charge in [-0.05, 0) is 29.7 Å². The smallest absolute Gasteiger partial charge is 0.0462 e. The summed E-state index contributed by atoms with van der Waals surface area (Å²) in [6.45, 7) is 11.1. The second-order valence-corrected chi connectivity index (χ2v) is 5.07. The molecular weight excluding hydrogens is 196 g/mol. The van der Waals surface area contributed by atoms with E-state index in [9.17, 15) is 0 Å². The Balaban J connectivity index is 0.00000106. The maximum atomic E-state index is 5.06. The summed E-state index contributed by atoms with van der Waals surface area (Å²) in [6, 6.07) is 0. The summed E-state index contributed by atoms with van der Waals surface area (Å²) in [6.07, 6.45) is 9.94. The first kappa shape index (κ1) is 15.2. The van der Waals surface area contributed by atoms with Crippen molar-refractivity contribution in [2.75, 3.05) is 0 Å². The summed E-state index contributed by atoms with van der Waals surface area (Å²) in [5, 5.41) is 3.48. The van der Waals surface area contributed by atoms with Gasteiger partial charge >= 0.3 is 0 Å². The van der Waals surface area contributed by atoms with Gasteiger partial charge in [0.2, 0.25) is 0 Å². The lowest BCUT2D eigenvalue weighted by Gasteiger charge is -2.41. The van der Waals surface area contributed by atoms with Gasteiger partial charge in [0, 0.05) is 6.21 Å². The maximum absolute atomic E-state index is 5.06. The fourth-order valence-corrected chi connectivity index (χ4v) is 2.67. The molecule has 0 spiro atoms. The Labute approximate surface area is 101 Å². The van der Waals surface area contributed by atoms with Crippen LogP contribution in [0.25, 0.3) is 0 Å². The molecule has 0 aromatic carbocycles. The van der Waals surface area contributed by atoms with Crippen molar-refractivity contribution < 1.29 is 0 Å². The molecule has 1 saturated carbocycles. The van der Waals surface area contributed by atoms with Crippen LogP contribution in [0.5, 0.6) is 0 Å². The first-order chi connectivity index (χ1) is 7.58. The van der Waals surface area contributed by atoms with Gasteiger partial charge in [-0.2, -0.15) is 5.10 Å². The molecule has 0 bridgehead atoms. The van der Waals surface area contributed by atoms with Crippen LogP contribution >= 0.6 is 0 Å². The third-order valence-corrected chi connectivity index (χ3v) is 3.49. The Kier molecular flexibility index (Phi) is 7.11. The minimum absolute atomic E-state index is 0.427. The monoisotopic (exact) mass is 224 g/mol. The van der Waals surface area contributed by atoms with Crippen molar-refractivity contribution in [3.8, 4) is 0 Å². The molecule has 2 unspecified atom stereocenters. The Bertz CT molecular complexity index is 229. The van der Waals surface area contributed by atoms with E-state index in [0.29, 0.717) is 11.3 Å². The van der Waals surface area contributed by atoms with Gasteiger partial charge in [-0.25, -0.2) is 0 Å². The van der Waals surface area contributed by atoms with E-state index in [-0.39, 0.29) is 0 Å². The molecule has 94 valence electrons. The van der Waals surface area contributed by atoms with Gasteiger partial charge in [0.15, 0.2) is 0 Å². The second kappa shape index (κ2) is 7.48. The van der Waals surface area contributed by atoms with Crippen LogP contribution in [0.3, 0.4) is 0 Å². The number of nitrogens with two attached hydrogens (primary N) is 1. The van der Waals surface area contributed by atoms with Crippen LogP contribution in [0.1, 0.15) is 53.9 Å². The summed E-state index contributed by atoms with van der Waals surface area (Å²) >= 11 is 0. The molecule has 1 rings (SSSR count). The van der Waals surface area contributed by atoms with Crippen LogP contribution in [-0.4, -0.2) is 6.21 Å². The highest BCUT2D eigenvalue weighted by Crippen LogP contribution is 2.44. The number of hydrazone groups is 1. The van der Waals surface area contributed by atoms with Crippen molar-refractivity contribution >= 4 is 6.21 Å². The van der Waals surface area contributed by atoms with Crippen molar-refractivity contribution in [1.82, 2.24) is 0 Å². The van der Waals surface area contributed by atoms with Crippen LogP contribution in [0.4, 0.5) is 0 Å². The SMILES string of the molecule is CC.CC1CCCC(C)(C)C1/C=C/C=NN. The van der Waals surface area contributed by atoms with Crippen LogP contribution in [0.15, 0.2) is 17.3 Å². The standard InChI is InChI=1S/C12H22N2.C2H6/c1-10-6-4-8-12(2,3)11(10)7-5-9-14-13;1-2/h5,7,9-11H,4,6,8,13H2,1-3H3;1-2H3/b7-5+,14-9?;. The molecule has 0 heterocycles. The third-order valence-electron chi connectivity index (χ3n) is 3.49. The summed E-state index contributed by atoms with van der Waals surface area (Å²) in [4.78, 5) is 0. The van der Waals surface area contributed by atoms with E-state index >= 15 is 0 Å². The molecule has 16 heavy (non-hydrogen) atoms. The highest BCUT2D eigenvalue weighted by Gasteiger charge is 2.34. The minimum atomic E-state index is 0.427. The number of nitrogens with zero attached hydrogens (tertiary/aromatic N) is 1. The summed E-state index contributed by atoms with van der Waals surface area (Å²) < 4.78 is 0. The van der Waals surface area contributed by atoms with Gasteiger partial charge < -0.3 is 5.84 Å². The molecule has 0 aromatic rings. The number of rotatable bonds is 2.